The van der Waals surface area contributed by atoms with Crippen LogP contribution in [0.1, 0.15) is 13.8 Å². The highest BCUT2D eigenvalue weighted by Gasteiger charge is 2.07. The number of allylic oxidation sites excluding steroid dienone is 1. The minimum Gasteiger partial charge on any atom is -0.482 e. The van der Waals surface area contributed by atoms with Crippen molar-refractivity contribution in [3.63, 3.8) is 0 Å². The fourth-order valence-corrected chi connectivity index (χ4v) is 0.846. The monoisotopic (exact) mass is 206 g/mol. The van der Waals surface area contributed by atoms with E-state index >= 15 is 0 Å². The maximum absolute atomic E-state index is 11.8. The Morgan fingerprint density at radius 2 is 2.07 bits per heavy atom. The summed E-state index contributed by atoms with van der Waals surface area (Å²) in [4.78, 5) is 3.57. The third kappa shape index (κ3) is 4.79. The van der Waals surface area contributed by atoms with Gasteiger partial charge in [0.2, 0.25) is 0 Å². The van der Waals surface area contributed by atoms with Crippen LogP contribution < -0.4 is 5.73 Å². The molecule has 82 valence electrons. The van der Waals surface area contributed by atoms with Crippen molar-refractivity contribution in [2.24, 2.45) is 16.6 Å². The molecule has 0 fully saturated rings. The van der Waals surface area contributed by atoms with Crippen LogP contribution in [0.3, 0.4) is 0 Å². The van der Waals surface area contributed by atoms with Crippen molar-refractivity contribution in [1.82, 2.24) is 0 Å². The molecule has 0 heterocycles. The smallest absolute Gasteiger partial charge is 0.257 e. The minimum atomic E-state index is -2.43. The first-order valence-corrected chi connectivity index (χ1v) is 4.30. The Balaban J connectivity index is 4.47. The van der Waals surface area contributed by atoms with Crippen LogP contribution in [-0.2, 0) is 4.74 Å². The average molecular weight is 206 g/mol. The van der Waals surface area contributed by atoms with Crippen LogP contribution in [0.15, 0.2) is 16.4 Å². The number of ether oxygens (including phenoxy) is 1. The average Bonchev–Trinajstić information content (AvgIpc) is 2.10. The summed E-state index contributed by atoms with van der Waals surface area (Å²) < 4.78 is 28.4. The van der Waals surface area contributed by atoms with Crippen molar-refractivity contribution in [3.8, 4) is 0 Å². The number of hydrogen-bond acceptors (Lipinski definition) is 3. The van der Waals surface area contributed by atoms with E-state index in [-0.39, 0.29) is 11.8 Å². The molecule has 0 aromatic carbocycles. The first-order valence-electron chi connectivity index (χ1n) is 4.30. The predicted octanol–water partition coefficient (Wildman–Crippen LogP) is 1.79. The molecule has 14 heavy (non-hydrogen) atoms. The van der Waals surface area contributed by atoms with Crippen LogP contribution in [-0.4, -0.2) is 26.3 Å². The Bertz CT molecular complexity index is 225. The van der Waals surface area contributed by atoms with E-state index in [0.717, 1.165) is 0 Å². The molecule has 0 aromatic heterocycles. The molecule has 0 spiro atoms. The summed E-state index contributed by atoms with van der Waals surface area (Å²) in [5.74, 6) is 0.314. The number of methoxy groups -OCH3 is 1. The van der Waals surface area contributed by atoms with Crippen LogP contribution in [0.4, 0.5) is 8.78 Å². The van der Waals surface area contributed by atoms with Crippen LogP contribution >= 0.6 is 0 Å². The van der Waals surface area contributed by atoms with Crippen LogP contribution in [0.5, 0.6) is 0 Å². The highest BCUT2D eigenvalue weighted by atomic mass is 19.3. The van der Waals surface area contributed by atoms with E-state index in [1.807, 2.05) is 13.8 Å². The van der Waals surface area contributed by atoms with Gasteiger partial charge in [-0.1, -0.05) is 13.8 Å². The number of halogens is 2. The predicted molar refractivity (Wildman–Crippen MR) is 52.4 cm³/mol. The minimum absolute atomic E-state index is 0.0939. The topological polar surface area (TPSA) is 47.6 Å². The molecule has 0 aliphatic rings. The zero-order chi connectivity index (χ0) is 11.1. The summed E-state index contributed by atoms with van der Waals surface area (Å²) in [7, 11) is 1.43. The zero-order valence-electron chi connectivity index (χ0n) is 8.63. The molecule has 2 N–H and O–H groups in total. The van der Waals surface area contributed by atoms with Crippen molar-refractivity contribution in [1.29, 1.82) is 0 Å². The molecule has 0 aliphatic heterocycles. The summed E-state index contributed by atoms with van der Waals surface area (Å²) >= 11 is 0. The summed E-state index contributed by atoms with van der Waals surface area (Å²) in [6.07, 6.45) is -1.08. The van der Waals surface area contributed by atoms with Gasteiger partial charge in [0.25, 0.3) is 6.43 Å². The molecule has 0 rings (SSSR count). The summed E-state index contributed by atoms with van der Waals surface area (Å²) in [5, 5.41) is 0. The lowest BCUT2D eigenvalue weighted by atomic mass is 10.1. The molecule has 0 bridgehead atoms. The standard InChI is InChI=1S/C9H16F2N2O/c1-6(2)7(9(12)14-3)4-13-5-8(10)11/h4,6,8H,5,12H2,1-3H3. The van der Waals surface area contributed by atoms with Gasteiger partial charge in [-0.2, -0.15) is 0 Å². The molecule has 3 nitrogen and oxygen atoms in total. The molecule has 0 aliphatic carbocycles. The molecule has 0 atom stereocenters. The molecule has 0 aromatic rings. The van der Waals surface area contributed by atoms with Crippen molar-refractivity contribution in [2.75, 3.05) is 13.7 Å². The third-order valence-corrected chi connectivity index (χ3v) is 1.60. The van der Waals surface area contributed by atoms with E-state index in [1.54, 1.807) is 0 Å². The first kappa shape index (κ1) is 12.9. The lowest BCUT2D eigenvalue weighted by molar-refractivity contribution is 0.159. The zero-order valence-corrected chi connectivity index (χ0v) is 8.63. The molecule has 0 saturated carbocycles. The van der Waals surface area contributed by atoms with Crippen molar-refractivity contribution in [2.45, 2.75) is 20.3 Å². The van der Waals surface area contributed by atoms with Gasteiger partial charge in [0.1, 0.15) is 0 Å². The third-order valence-electron chi connectivity index (χ3n) is 1.60. The van der Waals surface area contributed by atoms with Gasteiger partial charge < -0.3 is 10.5 Å². The van der Waals surface area contributed by atoms with Crippen LogP contribution in [0, 0.1) is 5.92 Å². The van der Waals surface area contributed by atoms with E-state index in [2.05, 4.69) is 4.99 Å². The maximum Gasteiger partial charge on any atom is 0.257 e. The van der Waals surface area contributed by atoms with E-state index in [1.165, 1.54) is 13.3 Å². The highest BCUT2D eigenvalue weighted by molar-refractivity contribution is 5.79. The Morgan fingerprint density at radius 3 is 2.43 bits per heavy atom. The SMILES string of the molecule is COC(N)=C(C=NCC(F)F)C(C)C. The highest BCUT2D eigenvalue weighted by Crippen LogP contribution is 2.10. The second kappa shape index (κ2) is 6.34. The molecule has 0 unspecified atom stereocenters. The van der Waals surface area contributed by atoms with Gasteiger partial charge in [-0.15, -0.1) is 0 Å². The fourth-order valence-electron chi connectivity index (χ4n) is 0.846. The number of rotatable bonds is 5. The number of hydrogen-bond donors (Lipinski definition) is 1. The van der Waals surface area contributed by atoms with E-state index < -0.39 is 13.0 Å². The molecule has 0 radical (unpaired) electrons. The van der Waals surface area contributed by atoms with Gasteiger partial charge >= 0.3 is 0 Å². The lowest BCUT2D eigenvalue weighted by Gasteiger charge is -2.09. The summed E-state index contributed by atoms with van der Waals surface area (Å²) in [6, 6.07) is 0. The molecular formula is C9H16F2N2O. The Kier molecular flexibility index (Phi) is 5.83. The maximum atomic E-state index is 11.8. The Labute approximate surface area is 82.6 Å². The molecule has 5 heteroatoms. The second-order valence-corrected chi connectivity index (χ2v) is 3.06. The summed E-state index contributed by atoms with van der Waals surface area (Å²) in [5.41, 5.74) is 6.15. The number of nitrogens with zero attached hydrogens (tertiary/aromatic N) is 1. The van der Waals surface area contributed by atoms with E-state index in [4.69, 9.17) is 10.5 Å². The van der Waals surface area contributed by atoms with Crippen LogP contribution in [0.2, 0.25) is 0 Å². The van der Waals surface area contributed by atoms with E-state index in [0.29, 0.717) is 5.57 Å². The molecular weight excluding hydrogens is 190 g/mol. The van der Waals surface area contributed by atoms with Gasteiger partial charge in [0.05, 0.1) is 13.7 Å². The first-order chi connectivity index (χ1) is 6.49. The normalized spacial score (nSPS) is 13.9. The van der Waals surface area contributed by atoms with Gasteiger partial charge in [-0.05, 0) is 5.92 Å². The quantitative estimate of drug-likeness (QED) is 0.550. The number of aliphatic imine (C=N–C) groups is 1. The largest absolute Gasteiger partial charge is 0.482 e. The van der Waals surface area contributed by atoms with Gasteiger partial charge in [0, 0.05) is 11.8 Å². The van der Waals surface area contributed by atoms with Crippen molar-refractivity contribution < 1.29 is 13.5 Å². The van der Waals surface area contributed by atoms with Crippen molar-refractivity contribution in [3.05, 3.63) is 11.5 Å². The second-order valence-electron chi connectivity index (χ2n) is 3.06. The van der Waals surface area contributed by atoms with Gasteiger partial charge in [-0.3, -0.25) is 4.99 Å². The molecule has 0 saturated heterocycles. The lowest BCUT2D eigenvalue weighted by Crippen LogP contribution is -2.10. The number of nitrogens with two attached hydrogens (primary N) is 1. The van der Waals surface area contributed by atoms with Crippen LogP contribution in [0.25, 0.3) is 0 Å². The Morgan fingerprint density at radius 1 is 1.50 bits per heavy atom. The van der Waals surface area contributed by atoms with E-state index in [9.17, 15) is 8.78 Å². The van der Waals surface area contributed by atoms with Crippen molar-refractivity contribution >= 4 is 6.21 Å². The Hall–Kier alpha value is -1.13. The van der Waals surface area contributed by atoms with Gasteiger partial charge in [0.15, 0.2) is 5.88 Å². The summed E-state index contributed by atoms with van der Waals surface area (Å²) in [6.45, 7) is 3.26. The molecule has 0 amide bonds. The van der Waals surface area contributed by atoms with Gasteiger partial charge in [-0.25, -0.2) is 8.78 Å². The fraction of sp³-hybridized carbons (Fsp3) is 0.667. The number of alkyl halides is 2.